The fourth-order valence-electron chi connectivity index (χ4n) is 3.90. The van der Waals surface area contributed by atoms with Gasteiger partial charge < -0.3 is 14.2 Å². The maximum Gasteiger partial charge on any atom is 0.338 e. The molecule has 3 aromatic rings. The topological polar surface area (TPSA) is 81.5 Å². The molecular weight excluding hydrogens is 394 g/mol. The minimum Gasteiger partial charge on any atom is -0.454 e. The van der Waals surface area contributed by atoms with E-state index in [0.717, 1.165) is 23.6 Å². The van der Waals surface area contributed by atoms with Crippen molar-refractivity contribution in [1.82, 2.24) is 9.55 Å². The van der Waals surface area contributed by atoms with Crippen LogP contribution in [0.4, 0.5) is 5.69 Å². The molecule has 2 aromatic heterocycles. The predicted octanol–water partition coefficient (Wildman–Crippen LogP) is 3.66. The maximum atomic E-state index is 12.8. The minimum atomic E-state index is -0.597. The Kier molecular flexibility index (Phi) is 5.66. The maximum absolute atomic E-state index is 12.8. The molecule has 0 bridgehead atoms. The SMILES string of the molecule is Cc1cc(C(=O)COC(=O)c2cccc(N3CCCC3=O)c2)c(C)n1-c1ccccn1. The number of pyridine rings is 1. The van der Waals surface area contributed by atoms with Gasteiger partial charge in [-0.2, -0.15) is 0 Å². The van der Waals surface area contributed by atoms with Crippen molar-refractivity contribution in [2.24, 2.45) is 0 Å². The van der Waals surface area contributed by atoms with E-state index in [9.17, 15) is 14.4 Å². The van der Waals surface area contributed by atoms with Crippen LogP contribution in [0.1, 0.15) is 44.9 Å². The Bertz CT molecular complexity index is 1150. The van der Waals surface area contributed by atoms with Crippen molar-refractivity contribution in [3.05, 3.63) is 77.2 Å². The highest BCUT2D eigenvalue weighted by molar-refractivity contribution is 6.01. The van der Waals surface area contributed by atoms with Crippen molar-refractivity contribution in [2.45, 2.75) is 26.7 Å². The lowest BCUT2D eigenvalue weighted by molar-refractivity contribution is -0.117. The van der Waals surface area contributed by atoms with Crippen molar-refractivity contribution in [1.29, 1.82) is 0 Å². The van der Waals surface area contributed by atoms with Crippen LogP contribution in [0.5, 0.6) is 0 Å². The number of ketones is 1. The van der Waals surface area contributed by atoms with Gasteiger partial charge in [-0.1, -0.05) is 12.1 Å². The highest BCUT2D eigenvalue weighted by Gasteiger charge is 2.23. The van der Waals surface area contributed by atoms with Crippen molar-refractivity contribution in [3.63, 3.8) is 0 Å². The van der Waals surface area contributed by atoms with E-state index in [1.165, 1.54) is 0 Å². The van der Waals surface area contributed by atoms with Gasteiger partial charge in [-0.3, -0.25) is 9.59 Å². The molecule has 0 aliphatic carbocycles. The van der Waals surface area contributed by atoms with Crippen LogP contribution in [0.3, 0.4) is 0 Å². The van der Waals surface area contributed by atoms with E-state index >= 15 is 0 Å². The Hall–Kier alpha value is -3.74. The fraction of sp³-hybridized carbons (Fsp3) is 0.250. The first-order chi connectivity index (χ1) is 15.0. The summed E-state index contributed by atoms with van der Waals surface area (Å²) in [6, 6.07) is 14.1. The molecule has 0 unspecified atom stereocenters. The molecule has 1 amide bonds. The Morgan fingerprint density at radius 1 is 1.10 bits per heavy atom. The number of hydrogen-bond donors (Lipinski definition) is 0. The van der Waals surface area contributed by atoms with Crippen molar-refractivity contribution in [2.75, 3.05) is 18.1 Å². The number of anilines is 1. The van der Waals surface area contributed by atoms with Gasteiger partial charge in [-0.25, -0.2) is 9.78 Å². The third-order valence-electron chi connectivity index (χ3n) is 5.41. The highest BCUT2D eigenvalue weighted by Crippen LogP contribution is 2.23. The summed E-state index contributed by atoms with van der Waals surface area (Å²) in [5.74, 6) is -0.110. The van der Waals surface area contributed by atoms with E-state index in [1.54, 1.807) is 41.4 Å². The fourth-order valence-corrected chi connectivity index (χ4v) is 3.90. The summed E-state index contributed by atoms with van der Waals surface area (Å²) in [7, 11) is 0. The first-order valence-corrected chi connectivity index (χ1v) is 10.2. The lowest BCUT2D eigenvalue weighted by Crippen LogP contribution is -2.24. The van der Waals surface area contributed by atoms with Crippen molar-refractivity contribution < 1.29 is 19.1 Å². The Morgan fingerprint density at radius 3 is 2.65 bits per heavy atom. The average Bonchev–Trinajstić information content (AvgIpc) is 3.34. The van der Waals surface area contributed by atoms with Crippen LogP contribution in [-0.2, 0) is 9.53 Å². The summed E-state index contributed by atoms with van der Waals surface area (Å²) in [5, 5.41) is 0. The number of esters is 1. The molecule has 7 heteroatoms. The molecule has 0 spiro atoms. The Morgan fingerprint density at radius 2 is 1.94 bits per heavy atom. The van der Waals surface area contributed by atoms with Crippen LogP contribution in [0.25, 0.3) is 5.82 Å². The zero-order chi connectivity index (χ0) is 22.0. The van der Waals surface area contributed by atoms with Crippen LogP contribution in [-0.4, -0.2) is 40.4 Å². The summed E-state index contributed by atoms with van der Waals surface area (Å²) >= 11 is 0. The second-order valence-electron chi connectivity index (χ2n) is 7.51. The van der Waals surface area contributed by atoms with Gasteiger partial charge in [0, 0.05) is 41.8 Å². The molecular formula is C24H23N3O4. The largest absolute Gasteiger partial charge is 0.454 e. The van der Waals surface area contributed by atoms with Gasteiger partial charge in [-0.15, -0.1) is 0 Å². The molecule has 1 aliphatic heterocycles. The summed E-state index contributed by atoms with van der Waals surface area (Å²) in [5.41, 5.74) is 3.08. The molecule has 0 atom stereocenters. The first kappa shape index (κ1) is 20.5. The number of aryl methyl sites for hydroxylation is 1. The number of ether oxygens (including phenoxy) is 1. The summed E-state index contributed by atoms with van der Waals surface area (Å²) in [4.78, 5) is 43.2. The Balaban J connectivity index is 1.46. The van der Waals surface area contributed by atoms with Gasteiger partial charge in [0.2, 0.25) is 11.7 Å². The number of hydrogen-bond acceptors (Lipinski definition) is 5. The second kappa shape index (κ2) is 8.55. The molecule has 0 radical (unpaired) electrons. The summed E-state index contributed by atoms with van der Waals surface area (Å²) < 4.78 is 7.18. The van der Waals surface area contributed by atoms with Crippen LogP contribution in [0.2, 0.25) is 0 Å². The summed E-state index contributed by atoms with van der Waals surface area (Å²) in [6.07, 6.45) is 3.01. The molecule has 31 heavy (non-hydrogen) atoms. The highest BCUT2D eigenvalue weighted by atomic mass is 16.5. The number of carbonyl (C=O) groups excluding carboxylic acids is 3. The smallest absolute Gasteiger partial charge is 0.338 e. The Labute approximate surface area is 180 Å². The van der Waals surface area contributed by atoms with Gasteiger partial charge in [0.05, 0.1) is 5.56 Å². The molecule has 3 heterocycles. The lowest BCUT2D eigenvalue weighted by Gasteiger charge is -2.16. The monoisotopic (exact) mass is 417 g/mol. The normalized spacial score (nSPS) is 13.5. The van der Waals surface area contributed by atoms with E-state index in [2.05, 4.69) is 4.98 Å². The van der Waals surface area contributed by atoms with Gasteiger partial charge in [-0.05, 0) is 56.7 Å². The third-order valence-corrected chi connectivity index (χ3v) is 5.41. The summed E-state index contributed by atoms with van der Waals surface area (Å²) in [6.45, 7) is 4.02. The third kappa shape index (κ3) is 4.12. The number of rotatable bonds is 6. The molecule has 7 nitrogen and oxygen atoms in total. The van der Waals surface area contributed by atoms with Gasteiger partial charge in [0.15, 0.2) is 6.61 Å². The molecule has 1 saturated heterocycles. The first-order valence-electron chi connectivity index (χ1n) is 10.2. The number of benzene rings is 1. The molecule has 1 aromatic carbocycles. The molecule has 1 aliphatic rings. The zero-order valence-electron chi connectivity index (χ0n) is 17.5. The van der Waals surface area contributed by atoms with E-state index in [0.29, 0.717) is 29.8 Å². The number of Topliss-reactive ketones (excluding diaryl/α,β-unsaturated/α-hetero) is 1. The molecule has 1 fully saturated rings. The number of amides is 1. The minimum absolute atomic E-state index is 0.0453. The zero-order valence-corrected chi connectivity index (χ0v) is 17.5. The van der Waals surface area contributed by atoms with Gasteiger partial charge in [0.1, 0.15) is 5.82 Å². The lowest BCUT2D eigenvalue weighted by atomic mass is 10.1. The standard InChI is InChI=1S/C24H23N3O4/c1-16-13-20(17(2)27(16)22-9-3-4-11-25-22)21(28)15-31-24(30)18-7-5-8-19(14-18)26-12-6-10-23(26)29/h3-5,7-9,11,13-14H,6,10,12,15H2,1-2H3. The number of nitrogens with zero attached hydrogens (tertiary/aromatic N) is 3. The van der Waals surface area contributed by atoms with Crippen molar-refractivity contribution in [3.8, 4) is 5.82 Å². The second-order valence-corrected chi connectivity index (χ2v) is 7.51. The number of aromatic nitrogens is 2. The van der Waals surface area contributed by atoms with Crippen molar-refractivity contribution >= 4 is 23.3 Å². The molecule has 158 valence electrons. The quantitative estimate of drug-likeness (QED) is 0.452. The van der Waals surface area contributed by atoms with E-state index in [-0.39, 0.29) is 18.3 Å². The van der Waals surface area contributed by atoms with Gasteiger partial charge in [0.25, 0.3) is 0 Å². The average molecular weight is 417 g/mol. The molecule has 0 N–H and O–H groups in total. The van der Waals surface area contributed by atoms with Gasteiger partial charge >= 0.3 is 5.97 Å². The van der Waals surface area contributed by atoms with Crippen LogP contribution >= 0.6 is 0 Å². The number of carbonyl (C=O) groups is 3. The predicted molar refractivity (Wildman–Crippen MR) is 116 cm³/mol. The van der Waals surface area contributed by atoms with E-state index in [4.69, 9.17) is 4.74 Å². The van der Waals surface area contributed by atoms with Crippen LogP contribution in [0, 0.1) is 13.8 Å². The van der Waals surface area contributed by atoms with Crippen LogP contribution in [0.15, 0.2) is 54.7 Å². The molecule has 4 rings (SSSR count). The van der Waals surface area contributed by atoms with Crippen LogP contribution < -0.4 is 4.90 Å². The van der Waals surface area contributed by atoms with E-state index < -0.39 is 5.97 Å². The van der Waals surface area contributed by atoms with E-state index in [1.807, 2.05) is 36.6 Å². The molecule has 0 saturated carbocycles.